The average Bonchev–Trinajstić information content (AvgIpc) is 2.67. The van der Waals surface area contributed by atoms with Crippen molar-refractivity contribution in [1.29, 1.82) is 0 Å². The van der Waals surface area contributed by atoms with Crippen LogP contribution in [0.15, 0.2) is 18.2 Å². The van der Waals surface area contributed by atoms with E-state index in [2.05, 4.69) is 10.0 Å². The van der Waals surface area contributed by atoms with Crippen molar-refractivity contribution in [3.05, 3.63) is 23.8 Å². The number of quaternary nitrogens is 1. The molecule has 0 saturated carbocycles. The Balaban J connectivity index is 1.74. The highest BCUT2D eigenvalue weighted by Crippen LogP contribution is 2.27. The highest BCUT2D eigenvalue weighted by molar-refractivity contribution is 7.89. The van der Waals surface area contributed by atoms with Gasteiger partial charge in [-0.25, -0.2) is 13.1 Å². The van der Waals surface area contributed by atoms with Gasteiger partial charge in [0, 0.05) is 12.1 Å². The first-order valence-corrected chi connectivity index (χ1v) is 10.5. The number of morpholine rings is 1. The minimum atomic E-state index is -3.44. The van der Waals surface area contributed by atoms with Crippen LogP contribution in [0.5, 0.6) is 11.5 Å². The molecular weight excluding hydrogens is 374 g/mol. The molecule has 3 N–H and O–H groups in total. The Morgan fingerprint density at radius 3 is 2.52 bits per heavy atom. The first-order chi connectivity index (χ1) is 12.9. The van der Waals surface area contributed by atoms with Gasteiger partial charge >= 0.3 is 0 Å². The maximum atomic E-state index is 12.2. The van der Waals surface area contributed by atoms with Crippen molar-refractivity contribution in [3.8, 4) is 11.5 Å². The summed E-state index contributed by atoms with van der Waals surface area (Å²) < 4.78 is 42.2. The number of amides is 1. The van der Waals surface area contributed by atoms with Gasteiger partial charge < -0.3 is 24.4 Å². The van der Waals surface area contributed by atoms with Gasteiger partial charge in [-0.2, -0.15) is 0 Å². The van der Waals surface area contributed by atoms with Gasteiger partial charge in [0.25, 0.3) is 5.91 Å². The van der Waals surface area contributed by atoms with E-state index in [9.17, 15) is 13.2 Å². The summed E-state index contributed by atoms with van der Waals surface area (Å²) in [7, 11) is -0.445. The third-order valence-corrected chi connectivity index (χ3v) is 5.69. The standard InChI is InChI=1S/C17H27N3O6S/c1-24-15-4-3-14(13-16(15)25-2)17(21)18-6-12-27(22,23)19-5-7-20-8-10-26-11-9-20/h3-4,13,19H,5-12H2,1-2H3,(H,18,21)/p+1. The van der Waals surface area contributed by atoms with Crippen molar-refractivity contribution in [2.24, 2.45) is 0 Å². The highest BCUT2D eigenvalue weighted by atomic mass is 32.2. The van der Waals surface area contributed by atoms with E-state index < -0.39 is 10.0 Å². The smallest absolute Gasteiger partial charge is 0.251 e. The van der Waals surface area contributed by atoms with Crippen molar-refractivity contribution >= 4 is 15.9 Å². The second-order valence-electron chi connectivity index (χ2n) is 6.15. The summed E-state index contributed by atoms with van der Waals surface area (Å²) >= 11 is 0. The number of hydrogen-bond acceptors (Lipinski definition) is 6. The van der Waals surface area contributed by atoms with Crippen LogP contribution < -0.4 is 24.4 Å². The Morgan fingerprint density at radius 2 is 1.85 bits per heavy atom. The first kappa shape index (κ1) is 21.4. The monoisotopic (exact) mass is 402 g/mol. The van der Waals surface area contributed by atoms with E-state index in [1.807, 2.05) is 0 Å². The van der Waals surface area contributed by atoms with E-state index in [0.29, 0.717) is 36.8 Å². The Labute approximate surface area is 160 Å². The van der Waals surface area contributed by atoms with Crippen LogP contribution in [0.3, 0.4) is 0 Å². The van der Waals surface area contributed by atoms with Gasteiger partial charge in [-0.15, -0.1) is 0 Å². The van der Waals surface area contributed by atoms with E-state index in [0.717, 1.165) is 19.6 Å². The van der Waals surface area contributed by atoms with Crippen molar-refractivity contribution < 1.29 is 32.3 Å². The summed E-state index contributed by atoms with van der Waals surface area (Å²) in [5, 5.41) is 2.61. The topological polar surface area (TPSA) is 107 Å². The molecule has 1 aliphatic rings. The van der Waals surface area contributed by atoms with Gasteiger partial charge in [-0.1, -0.05) is 0 Å². The molecule has 1 fully saturated rings. The Morgan fingerprint density at radius 1 is 1.15 bits per heavy atom. The molecule has 0 bridgehead atoms. The van der Waals surface area contributed by atoms with Crippen LogP contribution >= 0.6 is 0 Å². The molecule has 1 saturated heterocycles. The molecule has 27 heavy (non-hydrogen) atoms. The predicted molar refractivity (Wildman–Crippen MR) is 100 cm³/mol. The minimum absolute atomic E-state index is 0.0208. The van der Waals surface area contributed by atoms with Gasteiger partial charge in [0.05, 0.1) is 46.3 Å². The highest BCUT2D eigenvalue weighted by Gasteiger charge is 2.16. The molecule has 9 nitrogen and oxygen atoms in total. The molecule has 0 unspecified atom stereocenters. The maximum Gasteiger partial charge on any atom is 0.251 e. The number of nitrogens with one attached hydrogen (secondary N) is 3. The molecule has 1 heterocycles. The number of rotatable bonds is 10. The second-order valence-corrected chi connectivity index (χ2v) is 8.08. The number of sulfonamides is 1. The Hall–Kier alpha value is -1.88. The van der Waals surface area contributed by atoms with Gasteiger partial charge in [0.1, 0.15) is 13.1 Å². The maximum absolute atomic E-state index is 12.2. The largest absolute Gasteiger partial charge is 0.493 e. The van der Waals surface area contributed by atoms with Gasteiger partial charge in [0.15, 0.2) is 11.5 Å². The van der Waals surface area contributed by atoms with E-state index in [-0.39, 0.29) is 18.2 Å². The van der Waals surface area contributed by atoms with E-state index in [4.69, 9.17) is 14.2 Å². The van der Waals surface area contributed by atoms with Crippen LogP contribution in [0.4, 0.5) is 0 Å². The number of ether oxygens (including phenoxy) is 3. The summed E-state index contributed by atoms with van der Waals surface area (Å²) in [6.45, 7) is 4.33. The van der Waals surface area contributed by atoms with Crippen molar-refractivity contribution in [1.82, 2.24) is 10.0 Å². The van der Waals surface area contributed by atoms with Gasteiger partial charge in [-0.3, -0.25) is 4.79 Å². The van der Waals surface area contributed by atoms with Crippen LogP contribution in [0.2, 0.25) is 0 Å². The fourth-order valence-corrected chi connectivity index (χ4v) is 3.67. The molecule has 1 aromatic carbocycles. The molecule has 0 aromatic heterocycles. The van der Waals surface area contributed by atoms with Crippen molar-refractivity contribution in [2.45, 2.75) is 0 Å². The van der Waals surface area contributed by atoms with Gasteiger partial charge in [0.2, 0.25) is 10.0 Å². The summed E-state index contributed by atoms with van der Waals surface area (Å²) in [6.07, 6.45) is 0. The van der Waals surface area contributed by atoms with Crippen LogP contribution in [-0.4, -0.2) is 80.2 Å². The molecular formula is C17H28N3O6S+. The zero-order chi connectivity index (χ0) is 19.7. The van der Waals surface area contributed by atoms with E-state index >= 15 is 0 Å². The molecule has 1 aliphatic heterocycles. The Kier molecular flexibility index (Phi) is 8.29. The molecule has 1 aromatic rings. The lowest BCUT2D eigenvalue weighted by Crippen LogP contribution is -3.14. The van der Waals surface area contributed by atoms with Crippen LogP contribution in [0.25, 0.3) is 0 Å². The number of methoxy groups -OCH3 is 2. The Bertz CT molecular complexity index is 719. The summed E-state index contributed by atoms with van der Waals surface area (Å²) in [5.41, 5.74) is 0.369. The average molecular weight is 402 g/mol. The van der Waals surface area contributed by atoms with E-state index in [1.54, 1.807) is 18.2 Å². The zero-order valence-electron chi connectivity index (χ0n) is 15.7. The van der Waals surface area contributed by atoms with Crippen LogP contribution in [0, 0.1) is 0 Å². The molecule has 2 rings (SSSR count). The molecule has 10 heteroatoms. The van der Waals surface area contributed by atoms with Crippen molar-refractivity contribution in [2.75, 3.05) is 65.9 Å². The fourth-order valence-electron chi connectivity index (χ4n) is 2.74. The lowest BCUT2D eigenvalue weighted by molar-refractivity contribution is -0.906. The predicted octanol–water partition coefficient (Wildman–Crippen LogP) is -1.73. The van der Waals surface area contributed by atoms with Crippen LogP contribution in [0.1, 0.15) is 10.4 Å². The van der Waals surface area contributed by atoms with Gasteiger partial charge in [-0.05, 0) is 18.2 Å². The van der Waals surface area contributed by atoms with Crippen LogP contribution in [-0.2, 0) is 14.8 Å². The molecule has 0 spiro atoms. The second kappa shape index (κ2) is 10.5. The molecule has 0 atom stereocenters. The van der Waals surface area contributed by atoms with E-state index in [1.165, 1.54) is 19.1 Å². The third-order valence-electron chi connectivity index (χ3n) is 4.30. The number of carbonyl (C=O) groups excluding carboxylic acids is 1. The molecule has 1 amide bonds. The minimum Gasteiger partial charge on any atom is -0.493 e. The fraction of sp³-hybridized carbons (Fsp3) is 0.588. The lowest BCUT2D eigenvalue weighted by atomic mass is 10.2. The molecule has 0 aliphatic carbocycles. The summed E-state index contributed by atoms with van der Waals surface area (Å²) in [6, 6.07) is 4.76. The number of benzene rings is 1. The quantitative estimate of drug-likeness (QED) is 0.429. The molecule has 152 valence electrons. The number of carbonyl (C=O) groups is 1. The summed E-state index contributed by atoms with van der Waals surface area (Å²) in [5.74, 6) is 0.405. The first-order valence-electron chi connectivity index (χ1n) is 8.84. The SMILES string of the molecule is COc1ccc(C(=O)NCCS(=O)(=O)NCC[NH+]2CCOCC2)cc1OC. The van der Waals surface area contributed by atoms with Crippen molar-refractivity contribution in [3.63, 3.8) is 0 Å². The third kappa shape index (κ3) is 6.98. The zero-order valence-corrected chi connectivity index (χ0v) is 16.6. The summed E-state index contributed by atoms with van der Waals surface area (Å²) in [4.78, 5) is 13.5. The lowest BCUT2D eigenvalue weighted by Gasteiger charge is -2.23. The normalized spacial score (nSPS) is 15.3. The molecule has 0 radical (unpaired) electrons. The number of hydrogen-bond donors (Lipinski definition) is 3.